The molecule has 0 atom stereocenters. The number of pyridine rings is 1. The van der Waals surface area contributed by atoms with Crippen LogP contribution in [0.3, 0.4) is 0 Å². The number of piperidine rings is 1. The van der Waals surface area contributed by atoms with Gasteiger partial charge in [0.2, 0.25) is 5.91 Å². The van der Waals surface area contributed by atoms with Gasteiger partial charge < -0.3 is 19.7 Å². The van der Waals surface area contributed by atoms with E-state index in [4.69, 9.17) is 9.47 Å². The molecule has 2 aromatic heterocycles. The van der Waals surface area contributed by atoms with Crippen molar-refractivity contribution in [1.29, 1.82) is 0 Å². The smallest absolute Gasteiger partial charge is 0.274 e. The molecule has 2 aromatic rings. The highest BCUT2D eigenvalue weighted by Gasteiger charge is 2.41. The Morgan fingerprint density at radius 2 is 1.86 bits per heavy atom. The topological polar surface area (TPSA) is 98.6 Å². The molecule has 5 rings (SSSR count). The number of hydrogen-bond acceptors (Lipinski definition) is 6. The number of likely N-dealkylation sites (tertiary alicyclic amines) is 1. The van der Waals surface area contributed by atoms with Crippen molar-refractivity contribution in [3.05, 3.63) is 36.5 Å². The number of nitrogens with zero attached hydrogens (tertiary/aromatic N) is 4. The highest BCUT2D eigenvalue weighted by Crippen LogP contribution is 2.32. The highest BCUT2D eigenvalue weighted by atomic mass is 16.7. The van der Waals surface area contributed by atoms with E-state index in [2.05, 4.69) is 15.3 Å². The van der Waals surface area contributed by atoms with Gasteiger partial charge in [-0.3, -0.25) is 14.2 Å². The molecule has 4 heterocycles. The monoisotopic (exact) mass is 397 g/mol. The van der Waals surface area contributed by atoms with Gasteiger partial charge >= 0.3 is 0 Å². The van der Waals surface area contributed by atoms with Crippen LogP contribution in [0.25, 0.3) is 5.82 Å². The van der Waals surface area contributed by atoms with Gasteiger partial charge in [-0.05, 0) is 25.0 Å². The molecule has 2 aliphatic heterocycles. The first-order valence-electron chi connectivity index (χ1n) is 10.0. The van der Waals surface area contributed by atoms with Crippen LogP contribution in [0.1, 0.15) is 36.2 Å². The summed E-state index contributed by atoms with van der Waals surface area (Å²) >= 11 is 0. The van der Waals surface area contributed by atoms with Crippen LogP contribution < -0.4 is 5.32 Å². The first-order chi connectivity index (χ1) is 14.1. The zero-order valence-corrected chi connectivity index (χ0v) is 16.0. The Hall–Kier alpha value is -2.78. The zero-order valence-electron chi connectivity index (χ0n) is 16.0. The van der Waals surface area contributed by atoms with Crippen LogP contribution in [0, 0.1) is 5.92 Å². The highest BCUT2D eigenvalue weighted by molar-refractivity contribution is 5.94. The van der Waals surface area contributed by atoms with Crippen LogP contribution in [0.4, 0.5) is 5.69 Å². The molecule has 0 bridgehead atoms. The van der Waals surface area contributed by atoms with Crippen molar-refractivity contribution >= 4 is 17.5 Å². The van der Waals surface area contributed by atoms with Crippen molar-refractivity contribution in [3.63, 3.8) is 0 Å². The molecule has 0 radical (unpaired) electrons. The first kappa shape index (κ1) is 18.3. The van der Waals surface area contributed by atoms with Gasteiger partial charge in [0.05, 0.1) is 25.1 Å². The van der Waals surface area contributed by atoms with Crippen molar-refractivity contribution < 1.29 is 19.1 Å². The number of carbonyl (C=O) groups is 2. The summed E-state index contributed by atoms with van der Waals surface area (Å²) in [5.74, 6) is 0.216. The van der Waals surface area contributed by atoms with Gasteiger partial charge in [0, 0.05) is 38.0 Å². The van der Waals surface area contributed by atoms with Gasteiger partial charge in [-0.1, -0.05) is 0 Å². The minimum absolute atomic E-state index is 0.0479. The molecule has 2 amide bonds. The average Bonchev–Trinajstić information content (AvgIpc) is 3.32. The van der Waals surface area contributed by atoms with Crippen LogP contribution >= 0.6 is 0 Å². The molecule has 0 unspecified atom stereocenters. The number of nitrogens with one attached hydrogen (secondary N) is 1. The number of hydrogen-bond donors (Lipinski definition) is 1. The lowest BCUT2D eigenvalue weighted by atomic mass is 10.0. The lowest BCUT2D eigenvalue weighted by Gasteiger charge is -2.37. The summed E-state index contributed by atoms with van der Waals surface area (Å²) < 4.78 is 13.1. The maximum Gasteiger partial charge on any atom is 0.274 e. The van der Waals surface area contributed by atoms with Gasteiger partial charge in [0.15, 0.2) is 5.79 Å². The summed E-state index contributed by atoms with van der Waals surface area (Å²) in [5, 5.41) is 2.86. The lowest BCUT2D eigenvalue weighted by Crippen LogP contribution is -2.47. The molecule has 0 aromatic carbocycles. The maximum absolute atomic E-state index is 12.8. The molecule has 9 nitrogen and oxygen atoms in total. The zero-order chi connectivity index (χ0) is 19.8. The number of aromatic nitrogens is 3. The van der Waals surface area contributed by atoms with E-state index in [-0.39, 0.29) is 17.7 Å². The largest absolute Gasteiger partial charge is 0.347 e. The lowest BCUT2D eigenvalue weighted by molar-refractivity contribution is -0.181. The Morgan fingerprint density at radius 3 is 2.52 bits per heavy atom. The van der Waals surface area contributed by atoms with Crippen LogP contribution in [0.15, 0.2) is 30.9 Å². The minimum atomic E-state index is -0.503. The van der Waals surface area contributed by atoms with Gasteiger partial charge in [-0.25, -0.2) is 9.97 Å². The molecule has 1 spiro atoms. The third-order valence-corrected chi connectivity index (χ3v) is 5.66. The number of anilines is 1. The van der Waals surface area contributed by atoms with Crippen molar-refractivity contribution in [2.24, 2.45) is 5.92 Å². The Kier molecular flexibility index (Phi) is 4.56. The van der Waals surface area contributed by atoms with Crippen LogP contribution in [-0.4, -0.2) is 63.3 Å². The van der Waals surface area contributed by atoms with Crippen LogP contribution in [0.5, 0.6) is 0 Å². The summed E-state index contributed by atoms with van der Waals surface area (Å²) in [6, 6.07) is 3.59. The molecule has 152 valence electrons. The van der Waals surface area contributed by atoms with E-state index in [1.165, 1.54) is 0 Å². The third kappa shape index (κ3) is 3.75. The molecule has 3 aliphatic rings. The minimum Gasteiger partial charge on any atom is -0.347 e. The fourth-order valence-electron chi connectivity index (χ4n) is 3.76. The van der Waals surface area contributed by atoms with Crippen molar-refractivity contribution in [3.8, 4) is 5.82 Å². The van der Waals surface area contributed by atoms with Crippen molar-refractivity contribution in [2.75, 3.05) is 31.6 Å². The van der Waals surface area contributed by atoms with Crippen molar-refractivity contribution in [1.82, 2.24) is 19.4 Å². The van der Waals surface area contributed by atoms with E-state index >= 15 is 0 Å². The van der Waals surface area contributed by atoms with E-state index in [0.717, 1.165) is 12.8 Å². The van der Waals surface area contributed by atoms with Gasteiger partial charge in [0.1, 0.15) is 17.8 Å². The molecular weight excluding hydrogens is 374 g/mol. The number of ether oxygens (including phenoxy) is 2. The van der Waals surface area contributed by atoms with Crippen molar-refractivity contribution in [2.45, 2.75) is 31.5 Å². The van der Waals surface area contributed by atoms with E-state index in [1.54, 1.807) is 40.3 Å². The Balaban J connectivity index is 1.22. The second-order valence-corrected chi connectivity index (χ2v) is 7.73. The van der Waals surface area contributed by atoms with E-state index in [1.807, 2.05) is 0 Å². The fraction of sp³-hybridized carbons (Fsp3) is 0.500. The molecule has 1 N–H and O–H groups in total. The van der Waals surface area contributed by atoms with Gasteiger partial charge in [0.25, 0.3) is 5.91 Å². The number of imidazole rings is 1. The third-order valence-electron chi connectivity index (χ3n) is 5.66. The first-order valence-corrected chi connectivity index (χ1v) is 10.0. The summed E-state index contributed by atoms with van der Waals surface area (Å²) in [6.07, 6.45) is 8.14. The number of carbonyl (C=O) groups excluding carboxylic acids is 2. The average molecular weight is 397 g/mol. The molecule has 3 fully saturated rings. The van der Waals surface area contributed by atoms with E-state index in [0.29, 0.717) is 56.3 Å². The van der Waals surface area contributed by atoms with E-state index < -0.39 is 5.79 Å². The molecule has 9 heteroatoms. The number of amides is 2. The Bertz CT molecular complexity index is 905. The summed E-state index contributed by atoms with van der Waals surface area (Å²) in [7, 11) is 0. The van der Waals surface area contributed by atoms with Gasteiger partial charge in [-0.2, -0.15) is 0 Å². The summed E-state index contributed by atoms with van der Waals surface area (Å²) in [4.78, 5) is 35.0. The summed E-state index contributed by atoms with van der Waals surface area (Å²) in [6.45, 7) is 2.40. The molecule has 1 saturated carbocycles. The van der Waals surface area contributed by atoms with Crippen LogP contribution in [-0.2, 0) is 14.3 Å². The second-order valence-electron chi connectivity index (χ2n) is 7.73. The fourth-order valence-corrected chi connectivity index (χ4v) is 3.76. The molecular formula is C20H23N5O4. The molecule has 29 heavy (non-hydrogen) atoms. The Labute approximate surface area is 168 Å². The van der Waals surface area contributed by atoms with E-state index in [9.17, 15) is 9.59 Å². The standard InChI is InChI=1S/C20H23N5O4/c26-18(14-1-2-14)23-15-3-4-17(21-11-15)25-12-16(22-13-25)19(27)24-7-5-20(6-8-24)28-9-10-29-20/h3-4,11-14H,1-2,5-10H2,(H,23,26). The van der Waals surface area contributed by atoms with Gasteiger partial charge in [-0.15, -0.1) is 0 Å². The SMILES string of the molecule is O=C(Nc1ccc(-n2cnc(C(=O)N3CCC4(CC3)OCCO4)c2)nc1)C1CC1. The maximum atomic E-state index is 12.8. The summed E-state index contributed by atoms with van der Waals surface area (Å²) in [5.41, 5.74) is 1.04. The molecule has 2 saturated heterocycles. The quantitative estimate of drug-likeness (QED) is 0.841. The normalized spacial score (nSPS) is 20.8. The predicted octanol–water partition coefficient (Wildman–Crippen LogP) is 1.59. The molecule has 1 aliphatic carbocycles. The van der Waals surface area contributed by atoms with Crippen LogP contribution in [0.2, 0.25) is 0 Å². The number of rotatable bonds is 4. The Morgan fingerprint density at radius 1 is 1.10 bits per heavy atom. The second kappa shape index (κ2) is 7.23. The predicted molar refractivity (Wildman–Crippen MR) is 102 cm³/mol.